The number of rotatable bonds is 4. The summed E-state index contributed by atoms with van der Waals surface area (Å²) in [5.74, 6) is -0.231. The number of nitrogens with zero attached hydrogens (tertiary/aromatic N) is 1. The van der Waals surface area contributed by atoms with E-state index in [9.17, 15) is 9.59 Å². The molecule has 2 amide bonds. The molecule has 2 aromatic carbocycles. The molecule has 0 aliphatic carbocycles. The molecular weight excluding hydrogens is 360 g/mol. The molecule has 6 nitrogen and oxygen atoms in total. The second-order valence-electron chi connectivity index (χ2n) is 6.38. The molecule has 4 aromatic rings. The van der Waals surface area contributed by atoms with Gasteiger partial charge in [-0.3, -0.25) is 9.59 Å². The number of benzene rings is 2. The van der Waals surface area contributed by atoms with Gasteiger partial charge < -0.3 is 15.6 Å². The summed E-state index contributed by atoms with van der Waals surface area (Å²) in [6, 6.07) is 13.4. The first-order valence-electron chi connectivity index (χ1n) is 8.54. The summed E-state index contributed by atoms with van der Waals surface area (Å²) in [7, 11) is 0. The van der Waals surface area contributed by atoms with Crippen molar-refractivity contribution in [1.82, 2.24) is 9.97 Å². The quantitative estimate of drug-likeness (QED) is 0.497. The number of fused-ring (bicyclic) bond motifs is 2. The van der Waals surface area contributed by atoms with Crippen molar-refractivity contribution in [3.05, 3.63) is 53.7 Å². The predicted molar refractivity (Wildman–Crippen MR) is 109 cm³/mol. The standard InChI is InChI=1S/C20H18N4O2S/c1-11-15(14-5-3-4-6-16(14)21-11)10-19(26)24-20-23-17-8-7-13(22-12(2)25)9-18(17)27-20/h3-9,21H,10H2,1-2H3,(H,22,25)(H,23,24,26). The van der Waals surface area contributed by atoms with Crippen molar-refractivity contribution < 1.29 is 9.59 Å². The van der Waals surface area contributed by atoms with Gasteiger partial charge in [0.2, 0.25) is 11.8 Å². The van der Waals surface area contributed by atoms with Crippen LogP contribution in [0.3, 0.4) is 0 Å². The van der Waals surface area contributed by atoms with Gasteiger partial charge in [-0.1, -0.05) is 29.5 Å². The molecule has 0 radical (unpaired) electrons. The van der Waals surface area contributed by atoms with E-state index in [1.54, 1.807) is 6.07 Å². The fourth-order valence-electron chi connectivity index (χ4n) is 3.15. The van der Waals surface area contributed by atoms with Crippen molar-refractivity contribution in [2.75, 3.05) is 10.6 Å². The second kappa shape index (κ2) is 6.85. The Balaban J connectivity index is 1.53. The van der Waals surface area contributed by atoms with E-state index in [0.29, 0.717) is 10.8 Å². The van der Waals surface area contributed by atoms with Crippen LogP contribution in [0.1, 0.15) is 18.2 Å². The lowest BCUT2D eigenvalue weighted by Gasteiger charge is -2.02. The highest BCUT2D eigenvalue weighted by Crippen LogP contribution is 2.29. The number of nitrogens with one attached hydrogen (secondary N) is 3. The van der Waals surface area contributed by atoms with Gasteiger partial charge in [0.1, 0.15) is 0 Å². The average Bonchev–Trinajstić information content (AvgIpc) is 3.14. The molecule has 27 heavy (non-hydrogen) atoms. The number of carbonyl (C=O) groups excluding carboxylic acids is 2. The van der Waals surface area contributed by atoms with E-state index in [4.69, 9.17) is 0 Å². The summed E-state index contributed by atoms with van der Waals surface area (Å²) in [4.78, 5) is 31.5. The van der Waals surface area contributed by atoms with E-state index in [0.717, 1.165) is 32.4 Å². The lowest BCUT2D eigenvalue weighted by atomic mass is 10.1. The first-order chi connectivity index (χ1) is 13.0. The van der Waals surface area contributed by atoms with E-state index in [2.05, 4.69) is 20.6 Å². The monoisotopic (exact) mass is 378 g/mol. The number of thiazole rings is 1. The minimum absolute atomic E-state index is 0.107. The summed E-state index contributed by atoms with van der Waals surface area (Å²) in [6.45, 7) is 3.44. The molecular formula is C20H18N4O2S. The molecule has 7 heteroatoms. The lowest BCUT2D eigenvalue weighted by molar-refractivity contribution is -0.116. The van der Waals surface area contributed by atoms with Crippen molar-refractivity contribution in [1.29, 1.82) is 0 Å². The van der Waals surface area contributed by atoms with Crippen LogP contribution in [0.15, 0.2) is 42.5 Å². The number of hydrogen-bond acceptors (Lipinski definition) is 4. The van der Waals surface area contributed by atoms with Gasteiger partial charge in [-0.25, -0.2) is 4.98 Å². The molecule has 0 unspecified atom stereocenters. The largest absolute Gasteiger partial charge is 0.358 e. The molecule has 4 rings (SSSR count). The van der Waals surface area contributed by atoms with Gasteiger partial charge in [0, 0.05) is 29.2 Å². The highest BCUT2D eigenvalue weighted by Gasteiger charge is 2.14. The van der Waals surface area contributed by atoms with Crippen LogP contribution in [0.25, 0.3) is 21.1 Å². The fourth-order valence-corrected chi connectivity index (χ4v) is 4.07. The van der Waals surface area contributed by atoms with E-state index in [1.165, 1.54) is 18.3 Å². The Morgan fingerprint density at radius 1 is 1.15 bits per heavy atom. The maximum atomic E-state index is 12.5. The van der Waals surface area contributed by atoms with E-state index in [1.807, 2.05) is 43.3 Å². The molecule has 0 fully saturated rings. The number of H-pyrrole nitrogens is 1. The van der Waals surface area contributed by atoms with Gasteiger partial charge in [-0.05, 0) is 36.8 Å². The Hall–Kier alpha value is -3.19. The molecule has 3 N–H and O–H groups in total. The Labute approximate surface area is 159 Å². The molecule has 0 saturated carbocycles. The highest BCUT2D eigenvalue weighted by atomic mass is 32.1. The Kier molecular flexibility index (Phi) is 4.37. The van der Waals surface area contributed by atoms with Crippen LogP contribution in [-0.2, 0) is 16.0 Å². The maximum Gasteiger partial charge on any atom is 0.230 e. The van der Waals surface area contributed by atoms with Crippen molar-refractivity contribution >= 4 is 55.1 Å². The van der Waals surface area contributed by atoms with Crippen molar-refractivity contribution in [2.45, 2.75) is 20.3 Å². The fraction of sp³-hybridized carbons (Fsp3) is 0.150. The molecule has 0 aliphatic rings. The van der Waals surface area contributed by atoms with E-state index >= 15 is 0 Å². The van der Waals surface area contributed by atoms with Crippen molar-refractivity contribution in [3.8, 4) is 0 Å². The first kappa shape index (κ1) is 17.2. The summed E-state index contributed by atoms with van der Waals surface area (Å²) in [5.41, 5.74) is 4.52. The second-order valence-corrected chi connectivity index (χ2v) is 7.41. The topological polar surface area (TPSA) is 86.9 Å². The minimum Gasteiger partial charge on any atom is -0.358 e. The van der Waals surface area contributed by atoms with Crippen molar-refractivity contribution in [3.63, 3.8) is 0 Å². The molecule has 2 heterocycles. The molecule has 0 saturated heterocycles. The van der Waals surface area contributed by atoms with Gasteiger partial charge in [0.05, 0.1) is 16.6 Å². The number of hydrogen-bond donors (Lipinski definition) is 3. The zero-order valence-corrected chi connectivity index (χ0v) is 15.7. The van der Waals surface area contributed by atoms with Crippen LogP contribution in [-0.4, -0.2) is 21.8 Å². The molecule has 0 spiro atoms. The first-order valence-corrected chi connectivity index (χ1v) is 9.35. The van der Waals surface area contributed by atoms with Crippen LogP contribution < -0.4 is 10.6 Å². The number of aromatic nitrogens is 2. The van der Waals surface area contributed by atoms with Crippen molar-refractivity contribution in [2.24, 2.45) is 0 Å². The Morgan fingerprint density at radius 2 is 1.96 bits per heavy atom. The number of aryl methyl sites for hydroxylation is 1. The average molecular weight is 378 g/mol. The van der Waals surface area contributed by atoms with E-state index in [-0.39, 0.29) is 18.2 Å². The smallest absolute Gasteiger partial charge is 0.230 e. The third-order valence-electron chi connectivity index (χ3n) is 4.32. The lowest BCUT2D eigenvalue weighted by Crippen LogP contribution is -2.14. The molecule has 136 valence electrons. The highest BCUT2D eigenvalue weighted by molar-refractivity contribution is 7.22. The zero-order chi connectivity index (χ0) is 19.0. The van der Waals surface area contributed by atoms with Gasteiger partial charge in [-0.15, -0.1) is 0 Å². The molecule has 2 aromatic heterocycles. The summed E-state index contributed by atoms with van der Waals surface area (Å²) >= 11 is 1.39. The van der Waals surface area contributed by atoms with E-state index < -0.39 is 0 Å². The number of anilines is 2. The van der Waals surface area contributed by atoms with Gasteiger partial charge in [0.25, 0.3) is 0 Å². The number of carbonyl (C=O) groups is 2. The SMILES string of the molecule is CC(=O)Nc1ccc2nc(NC(=O)Cc3c(C)[nH]c4ccccc34)sc2c1. The maximum absolute atomic E-state index is 12.5. The number of para-hydroxylation sites is 1. The summed E-state index contributed by atoms with van der Waals surface area (Å²) in [5, 5.41) is 7.25. The Bertz CT molecular complexity index is 1180. The Morgan fingerprint density at radius 3 is 2.78 bits per heavy atom. The van der Waals surface area contributed by atoms with Gasteiger partial charge in [-0.2, -0.15) is 0 Å². The normalized spacial score (nSPS) is 11.0. The third-order valence-corrected chi connectivity index (χ3v) is 5.25. The van der Waals surface area contributed by atoms with Crippen LogP contribution in [0.2, 0.25) is 0 Å². The summed E-state index contributed by atoms with van der Waals surface area (Å²) in [6.07, 6.45) is 0.281. The minimum atomic E-state index is -0.124. The number of aromatic amines is 1. The van der Waals surface area contributed by atoms with Gasteiger partial charge >= 0.3 is 0 Å². The molecule has 0 aliphatic heterocycles. The third kappa shape index (κ3) is 3.54. The van der Waals surface area contributed by atoms with Crippen LogP contribution in [0.4, 0.5) is 10.8 Å². The zero-order valence-electron chi connectivity index (χ0n) is 14.9. The predicted octanol–water partition coefficient (Wildman–Crippen LogP) is 4.23. The van der Waals surface area contributed by atoms with Crippen LogP contribution in [0.5, 0.6) is 0 Å². The van der Waals surface area contributed by atoms with Crippen LogP contribution >= 0.6 is 11.3 Å². The summed E-state index contributed by atoms with van der Waals surface area (Å²) < 4.78 is 0.903. The van der Waals surface area contributed by atoms with Gasteiger partial charge in [0.15, 0.2) is 5.13 Å². The molecule has 0 bridgehead atoms. The molecule has 0 atom stereocenters. The van der Waals surface area contributed by atoms with Crippen LogP contribution in [0, 0.1) is 6.92 Å². The number of amides is 2.